The first-order valence-electron chi connectivity index (χ1n) is 6.21. The molecule has 0 fully saturated rings. The van der Waals surface area contributed by atoms with Crippen molar-refractivity contribution in [2.45, 2.75) is 26.0 Å². The van der Waals surface area contributed by atoms with Crippen LogP contribution in [0.3, 0.4) is 0 Å². The Kier molecular flexibility index (Phi) is 2.22. The Morgan fingerprint density at radius 1 is 1.44 bits per heavy atom. The van der Waals surface area contributed by atoms with E-state index in [4.69, 9.17) is 4.74 Å². The van der Waals surface area contributed by atoms with Crippen LogP contribution in [0.5, 0.6) is 0 Å². The van der Waals surface area contributed by atoms with Gasteiger partial charge in [-0.1, -0.05) is 0 Å². The molecule has 0 spiro atoms. The second-order valence-corrected chi connectivity index (χ2v) is 5.74. The van der Waals surface area contributed by atoms with Crippen LogP contribution in [0, 0.1) is 0 Å². The lowest BCUT2D eigenvalue weighted by molar-refractivity contribution is 0.114. The summed E-state index contributed by atoms with van der Waals surface area (Å²) in [5.74, 6) is 0.721. The molecule has 2 aliphatic heterocycles. The van der Waals surface area contributed by atoms with Gasteiger partial charge in [0.15, 0.2) is 0 Å². The average molecular weight is 263 g/mol. The zero-order chi connectivity index (χ0) is 12.1. The molecule has 0 aromatic carbocycles. The van der Waals surface area contributed by atoms with Crippen molar-refractivity contribution in [3.63, 3.8) is 0 Å². The smallest absolute Gasteiger partial charge is 0.263 e. The molecule has 0 unspecified atom stereocenters. The minimum absolute atomic E-state index is 0.113. The molecule has 0 radical (unpaired) electrons. The molecular weight excluding hydrogens is 250 g/mol. The average Bonchev–Trinajstić information content (AvgIpc) is 2.77. The van der Waals surface area contributed by atoms with Gasteiger partial charge in [0.1, 0.15) is 4.83 Å². The number of ether oxygens (including phenoxy) is 1. The molecule has 0 aliphatic carbocycles. The standard InChI is InChI=1S/C12H13N3O2S/c16-11-9-7-2-5-17-6-8(7)18-10(9)14-12-13-3-1-4-15(11)12/h1-6H2,(H,13,14). The summed E-state index contributed by atoms with van der Waals surface area (Å²) in [4.78, 5) is 19.2. The lowest BCUT2D eigenvalue weighted by atomic mass is 10.1. The highest BCUT2D eigenvalue weighted by Gasteiger charge is 2.23. The molecule has 18 heavy (non-hydrogen) atoms. The highest BCUT2D eigenvalue weighted by Crippen LogP contribution is 2.32. The minimum atomic E-state index is 0.113. The summed E-state index contributed by atoms with van der Waals surface area (Å²) >= 11 is 1.60. The second kappa shape index (κ2) is 3.80. The van der Waals surface area contributed by atoms with E-state index in [1.165, 1.54) is 10.4 Å². The summed E-state index contributed by atoms with van der Waals surface area (Å²) in [6.07, 6.45) is 1.81. The summed E-state index contributed by atoms with van der Waals surface area (Å²) < 4.78 is 7.22. The van der Waals surface area contributed by atoms with Crippen LogP contribution in [0.2, 0.25) is 0 Å². The molecule has 2 aromatic rings. The molecule has 4 rings (SSSR count). The van der Waals surface area contributed by atoms with Crippen LogP contribution < -0.4 is 10.9 Å². The van der Waals surface area contributed by atoms with E-state index in [2.05, 4.69) is 10.3 Å². The van der Waals surface area contributed by atoms with Crippen LogP contribution >= 0.6 is 11.3 Å². The first-order chi connectivity index (χ1) is 8.84. The summed E-state index contributed by atoms with van der Waals surface area (Å²) in [6, 6.07) is 0. The third-order valence-corrected chi connectivity index (χ3v) is 4.66. The van der Waals surface area contributed by atoms with Crippen molar-refractivity contribution < 1.29 is 4.74 Å². The van der Waals surface area contributed by atoms with Crippen LogP contribution in [0.1, 0.15) is 16.9 Å². The van der Waals surface area contributed by atoms with Crippen LogP contribution in [0.25, 0.3) is 10.2 Å². The Labute approximate surface area is 107 Å². The molecule has 0 bridgehead atoms. The molecule has 0 atom stereocenters. The van der Waals surface area contributed by atoms with Gasteiger partial charge in [-0.25, -0.2) is 4.98 Å². The zero-order valence-corrected chi connectivity index (χ0v) is 10.7. The number of nitrogens with zero attached hydrogens (tertiary/aromatic N) is 2. The quantitative estimate of drug-likeness (QED) is 0.779. The van der Waals surface area contributed by atoms with Gasteiger partial charge in [-0.3, -0.25) is 9.36 Å². The monoisotopic (exact) mass is 263 g/mol. The Morgan fingerprint density at radius 2 is 2.39 bits per heavy atom. The van der Waals surface area contributed by atoms with Gasteiger partial charge in [0.25, 0.3) is 5.56 Å². The first kappa shape index (κ1) is 10.5. The zero-order valence-electron chi connectivity index (χ0n) is 9.86. The van der Waals surface area contributed by atoms with Crippen LogP contribution in [-0.4, -0.2) is 22.7 Å². The SMILES string of the molecule is O=c1c2c3c(sc2nc2n1CCCN2)COCC3. The molecule has 0 saturated carbocycles. The topological polar surface area (TPSA) is 56.2 Å². The van der Waals surface area contributed by atoms with E-state index in [1.54, 1.807) is 15.9 Å². The van der Waals surface area contributed by atoms with Crippen molar-refractivity contribution in [3.8, 4) is 0 Å². The molecule has 2 aliphatic rings. The lowest BCUT2D eigenvalue weighted by Gasteiger charge is -2.18. The van der Waals surface area contributed by atoms with Gasteiger partial charge in [0.05, 0.1) is 18.6 Å². The predicted octanol–water partition coefficient (Wildman–Crippen LogP) is 1.35. The molecule has 4 heterocycles. The van der Waals surface area contributed by atoms with Gasteiger partial charge in [0, 0.05) is 18.0 Å². The number of thiophene rings is 1. The maximum absolute atomic E-state index is 12.6. The van der Waals surface area contributed by atoms with E-state index in [0.29, 0.717) is 13.2 Å². The largest absolute Gasteiger partial charge is 0.376 e. The van der Waals surface area contributed by atoms with Crippen LogP contribution in [-0.2, 0) is 24.3 Å². The fourth-order valence-electron chi connectivity index (χ4n) is 2.68. The van der Waals surface area contributed by atoms with Crippen molar-refractivity contribution in [2.24, 2.45) is 0 Å². The minimum Gasteiger partial charge on any atom is -0.376 e. The predicted molar refractivity (Wildman–Crippen MR) is 70.3 cm³/mol. The van der Waals surface area contributed by atoms with Gasteiger partial charge in [-0.05, 0) is 18.4 Å². The van der Waals surface area contributed by atoms with Gasteiger partial charge in [-0.15, -0.1) is 11.3 Å². The summed E-state index contributed by atoms with van der Waals surface area (Å²) in [5.41, 5.74) is 1.28. The van der Waals surface area contributed by atoms with Gasteiger partial charge in [-0.2, -0.15) is 0 Å². The van der Waals surface area contributed by atoms with Crippen LogP contribution in [0.4, 0.5) is 5.95 Å². The molecular formula is C12H13N3O2S. The highest BCUT2D eigenvalue weighted by atomic mass is 32.1. The molecule has 0 saturated heterocycles. The molecule has 5 nitrogen and oxygen atoms in total. The number of anilines is 1. The Morgan fingerprint density at radius 3 is 3.33 bits per heavy atom. The fraction of sp³-hybridized carbons (Fsp3) is 0.500. The number of nitrogens with one attached hydrogen (secondary N) is 1. The maximum atomic E-state index is 12.6. The molecule has 6 heteroatoms. The second-order valence-electron chi connectivity index (χ2n) is 4.66. The Balaban J connectivity index is 2.07. The number of aromatic nitrogens is 2. The van der Waals surface area contributed by atoms with Gasteiger partial charge in [0.2, 0.25) is 5.95 Å². The first-order valence-corrected chi connectivity index (χ1v) is 7.03. The fourth-order valence-corrected chi connectivity index (χ4v) is 3.83. The number of hydrogen-bond donors (Lipinski definition) is 1. The number of fused-ring (bicyclic) bond motifs is 4. The highest BCUT2D eigenvalue weighted by molar-refractivity contribution is 7.18. The van der Waals surface area contributed by atoms with E-state index in [-0.39, 0.29) is 5.56 Å². The van der Waals surface area contributed by atoms with Crippen molar-refractivity contribution in [1.82, 2.24) is 9.55 Å². The molecule has 1 N–H and O–H groups in total. The molecule has 94 valence electrons. The third kappa shape index (κ3) is 1.36. The Bertz CT molecular complexity index is 689. The van der Waals surface area contributed by atoms with E-state index in [0.717, 1.165) is 42.1 Å². The summed E-state index contributed by atoms with van der Waals surface area (Å²) in [7, 11) is 0. The summed E-state index contributed by atoms with van der Waals surface area (Å²) in [5, 5.41) is 4.03. The van der Waals surface area contributed by atoms with Gasteiger partial charge < -0.3 is 10.1 Å². The van der Waals surface area contributed by atoms with Crippen molar-refractivity contribution >= 4 is 27.5 Å². The molecule has 0 amide bonds. The van der Waals surface area contributed by atoms with Gasteiger partial charge >= 0.3 is 0 Å². The van der Waals surface area contributed by atoms with E-state index in [1.807, 2.05) is 0 Å². The van der Waals surface area contributed by atoms with Crippen molar-refractivity contribution in [1.29, 1.82) is 0 Å². The van der Waals surface area contributed by atoms with E-state index < -0.39 is 0 Å². The third-order valence-electron chi connectivity index (χ3n) is 3.57. The normalized spacial score (nSPS) is 18.2. The van der Waals surface area contributed by atoms with E-state index >= 15 is 0 Å². The lowest BCUT2D eigenvalue weighted by Crippen LogP contribution is -2.30. The molecule has 2 aromatic heterocycles. The number of hydrogen-bond acceptors (Lipinski definition) is 5. The maximum Gasteiger partial charge on any atom is 0.263 e. The number of rotatable bonds is 0. The summed E-state index contributed by atoms with van der Waals surface area (Å²) in [6.45, 7) is 2.99. The van der Waals surface area contributed by atoms with Crippen LogP contribution in [0.15, 0.2) is 4.79 Å². The van der Waals surface area contributed by atoms with E-state index in [9.17, 15) is 4.79 Å². The Hall–Kier alpha value is -1.40. The van der Waals surface area contributed by atoms with Crippen molar-refractivity contribution in [3.05, 3.63) is 20.8 Å². The van der Waals surface area contributed by atoms with Crippen molar-refractivity contribution in [2.75, 3.05) is 18.5 Å².